The first kappa shape index (κ1) is 12.7. The summed E-state index contributed by atoms with van der Waals surface area (Å²) in [5.41, 5.74) is 0. The molecule has 0 rings (SSSR count). The predicted octanol–water partition coefficient (Wildman–Crippen LogP) is 3.65. The third-order valence-corrected chi connectivity index (χ3v) is 1.74. The van der Waals surface area contributed by atoms with Crippen LogP contribution in [0.2, 0.25) is 0 Å². The van der Waals surface area contributed by atoms with Crippen LogP contribution in [0.25, 0.3) is 0 Å². The average molecular weight is 184 g/mol. The van der Waals surface area contributed by atoms with E-state index in [9.17, 15) is 0 Å². The summed E-state index contributed by atoms with van der Waals surface area (Å²) in [5, 5.41) is 0. The van der Waals surface area contributed by atoms with Crippen molar-refractivity contribution in [2.75, 3.05) is 13.2 Å². The lowest BCUT2D eigenvalue weighted by molar-refractivity contribution is 0.134. The van der Waals surface area contributed by atoms with Crippen molar-refractivity contribution in [2.45, 2.75) is 40.5 Å². The molecule has 0 aliphatic carbocycles. The Balaban J connectivity index is 3.13. The molecule has 0 fully saturated rings. The van der Waals surface area contributed by atoms with Crippen molar-refractivity contribution < 1.29 is 4.74 Å². The van der Waals surface area contributed by atoms with E-state index in [2.05, 4.69) is 39.8 Å². The average Bonchev–Trinajstić information content (AvgIpc) is 2.01. The third kappa shape index (κ3) is 11.7. The van der Waals surface area contributed by atoms with Gasteiger partial charge in [-0.05, 0) is 24.7 Å². The van der Waals surface area contributed by atoms with Crippen LogP contribution in [0.5, 0.6) is 0 Å². The molecule has 0 unspecified atom stereocenters. The van der Waals surface area contributed by atoms with Gasteiger partial charge >= 0.3 is 0 Å². The number of allylic oxidation sites excluding steroid dienone is 1. The Morgan fingerprint density at radius 2 is 1.69 bits per heavy atom. The summed E-state index contributed by atoms with van der Waals surface area (Å²) in [6, 6.07) is 0. The molecule has 0 bridgehead atoms. The molecule has 0 amide bonds. The van der Waals surface area contributed by atoms with Gasteiger partial charge in [0.1, 0.15) is 0 Å². The maximum absolute atomic E-state index is 5.42. The molecular formula is C12H24O. The minimum absolute atomic E-state index is 0.643. The molecule has 0 aromatic rings. The van der Waals surface area contributed by atoms with Gasteiger partial charge in [-0.15, -0.1) is 0 Å². The molecule has 0 aromatic heterocycles. The lowest BCUT2D eigenvalue weighted by Gasteiger charge is -2.03. The highest BCUT2D eigenvalue weighted by Crippen LogP contribution is 2.03. The van der Waals surface area contributed by atoms with Crippen LogP contribution in [-0.2, 0) is 4.74 Å². The van der Waals surface area contributed by atoms with Gasteiger partial charge in [-0.3, -0.25) is 0 Å². The monoisotopic (exact) mass is 184 g/mol. The van der Waals surface area contributed by atoms with Crippen molar-refractivity contribution in [2.24, 2.45) is 11.8 Å². The van der Waals surface area contributed by atoms with E-state index in [1.54, 1.807) is 0 Å². The van der Waals surface area contributed by atoms with E-state index in [4.69, 9.17) is 4.74 Å². The van der Waals surface area contributed by atoms with Gasteiger partial charge in [0.25, 0.3) is 0 Å². The Labute approximate surface area is 83.2 Å². The summed E-state index contributed by atoms with van der Waals surface area (Å²) in [6.45, 7) is 10.5. The van der Waals surface area contributed by atoms with Gasteiger partial charge in [0.2, 0.25) is 0 Å². The van der Waals surface area contributed by atoms with Crippen LogP contribution in [0.3, 0.4) is 0 Å². The maximum atomic E-state index is 5.42. The van der Waals surface area contributed by atoms with Crippen molar-refractivity contribution in [3.8, 4) is 0 Å². The first-order valence-electron chi connectivity index (χ1n) is 5.35. The zero-order valence-electron chi connectivity index (χ0n) is 9.55. The molecule has 1 heteroatoms. The molecule has 0 saturated carbocycles. The first-order valence-corrected chi connectivity index (χ1v) is 5.35. The highest BCUT2D eigenvalue weighted by Gasteiger charge is 1.91. The Bertz CT molecular complexity index is 125. The van der Waals surface area contributed by atoms with Gasteiger partial charge in [0.15, 0.2) is 0 Å². The lowest BCUT2D eigenvalue weighted by atomic mass is 10.1. The second-order valence-electron chi connectivity index (χ2n) is 4.37. The van der Waals surface area contributed by atoms with Gasteiger partial charge < -0.3 is 4.74 Å². The molecule has 78 valence electrons. The molecule has 0 spiro atoms. The van der Waals surface area contributed by atoms with Gasteiger partial charge in [-0.2, -0.15) is 0 Å². The normalized spacial score (nSPS) is 12.2. The zero-order valence-corrected chi connectivity index (χ0v) is 9.55. The fourth-order valence-electron chi connectivity index (χ4n) is 0.987. The summed E-state index contributed by atoms with van der Waals surface area (Å²) in [4.78, 5) is 0. The van der Waals surface area contributed by atoms with Gasteiger partial charge in [-0.25, -0.2) is 0 Å². The highest BCUT2D eigenvalue weighted by molar-refractivity contribution is 4.81. The molecule has 0 radical (unpaired) electrons. The smallest absolute Gasteiger partial charge is 0.0647 e. The van der Waals surface area contributed by atoms with Crippen molar-refractivity contribution in [3.05, 3.63) is 12.2 Å². The van der Waals surface area contributed by atoms with Crippen molar-refractivity contribution in [3.63, 3.8) is 0 Å². The predicted molar refractivity (Wildman–Crippen MR) is 58.9 cm³/mol. The largest absolute Gasteiger partial charge is 0.377 e. The van der Waals surface area contributed by atoms with Crippen LogP contribution < -0.4 is 0 Å². The van der Waals surface area contributed by atoms with E-state index >= 15 is 0 Å². The minimum atomic E-state index is 0.643. The van der Waals surface area contributed by atoms with Gasteiger partial charge in [-0.1, -0.05) is 39.8 Å². The number of ether oxygens (including phenoxy) is 1. The Hall–Kier alpha value is -0.300. The summed E-state index contributed by atoms with van der Waals surface area (Å²) in [7, 11) is 0. The van der Waals surface area contributed by atoms with E-state index in [-0.39, 0.29) is 0 Å². The Morgan fingerprint density at radius 1 is 1.00 bits per heavy atom. The van der Waals surface area contributed by atoms with Gasteiger partial charge in [0.05, 0.1) is 6.61 Å². The molecule has 0 N–H and O–H groups in total. The summed E-state index contributed by atoms with van der Waals surface area (Å²) in [6.07, 6.45) is 6.81. The lowest BCUT2D eigenvalue weighted by Crippen LogP contribution is -2.01. The molecular weight excluding hydrogens is 160 g/mol. The van der Waals surface area contributed by atoms with Gasteiger partial charge in [0, 0.05) is 6.61 Å². The van der Waals surface area contributed by atoms with Crippen LogP contribution >= 0.6 is 0 Å². The summed E-state index contributed by atoms with van der Waals surface area (Å²) in [5.74, 6) is 1.45. The molecule has 0 heterocycles. The Morgan fingerprint density at radius 3 is 2.23 bits per heavy atom. The quantitative estimate of drug-likeness (QED) is 0.433. The van der Waals surface area contributed by atoms with Crippen LogP contribution in [0.1, 0.15) is 40.5 Å². The van der Waals surface area contributed by atoms with E-state index in [0.29, 0.717) is 5.92 Å². The van der Waals surface area contributed by atoms with E-state index < -0.39 is 0 Å². The minimum Gasteiger partial charge on any atom is -0.377 e. The molecule has 0 atom stereocenters. The molecule has 0 saturated heterocycles. The fourth-order valence-corrected chi connectivity index (χ4v) is 0.987. The molecule has 1 nitrogen and oxygen atoms in total. The van der Waals surface area contributed by atoms with E-state index in [1.165, 1.54) is 12.8 Å². The first-order chi connectivity index (χ1) is 6.13. The second-order valence-corrected chi connectivity index (χ2v) is 4.37. The van der Waals surface area contributed by atoms with E-state index in [0.717, 1.165) is 19.1 Å². The second kappa shape index (κ2) is 8.31. The Kier molecular flexibility index (Phi) is 8.11. The fraction of sp³-hybridized carbons (Fsp3) is 0.833. The SMILES string of the molecule is CC(C)CC/C=C\COCC(C)C. The van der Waals surface area contributed by atoms with Crippen molar-refractivity contribution in [1.29, 1.82) is 0 Å². The van der Waals surface area contributed by atoms with Crippen LogP contribution in [0, 0.1) is 11.8 Å². The number of hydrogen-bond donors (Lipinski definition) is 0. The van der Waals surface area contributed by atoms with E-state index in [1.807, 2.05) is 0 Å². The molecule has 13 heavy (non-hydrogen) atoms. The summed E-state index contributed by atoms with van der Waals surface area (Å²) < 4.78 is 5.42. The third-order valence-electron chi connectivity index (χ3n) is 1.74. The number of hydrogen-bond acceptors (Lipinski definition) is 1. The molecule has 0 aliphatic heterocycles. The van der Waals surface area contributed by atoms with Crippen LogP contribution in [0.15, 0.2) is 12.2 Å². The standard InChI is InChI=1S/C12H24O/c1-11(2)8-6-5-7-9-13-10-12(3)4/h5,7,11-12H,6,8-10H2,1-4H3/b7-5-. The number of rotatable bonds is 7. The molecule has 0 aromatic carbocycles. The molecule has 0 aliphatic rings. The summed E-state index contributed by atoms with van der Waals surface area (Å²) >= 11 is 0. The topological polar surface area (TPSA) is 9.23 Å². The van der Waals surface area contributed by atoms with Crippen LogP contribution in [0.4, 0.5) is 0 Å². The highest BCUT2D eigenvalue weighted by atomic mass is 16.5. The zero-order chi connectivity index (χ0) is 10.1. The van der Waals surface area contributed by atoms with Crippen molar-refractivity contribution >= 4 is 0 Å². The maximum Gasteiger partial charge on any atom is 0.0647 e. The van der Waals surface area contributed by atoms with Crippen molar-refractivity contribution in [1.82, 2.24) is 0 Å². The van der Waals surface area contributed by atoms with Crippen LogP contribution in [-0.4, -0.2) is 13.2 Å².